The highest BCUT2D eigenvalue weighted by atomic mass is 15.2. The third kappa shape index (κ3) is 3.18. The van der Waals surface area contributed by atoms with E-state index in [4.69, 9.17) is 4.98 Å². The summed E-state index contributed by atoms with van der Waals surface area (Å²) in [5.41, 5.74) is 3.45. The Balaban J connectivity index is 1.72. The topological polar surface area (TPSA) is 19.4 Å². The number of nitrogens with zero attached hydrogens (tertiary/aromatic N) is 3. The molecule has 0 spiro atoms. The Hall–Kier alpha value is -2.23. The number of likely N-dealkylation sites (N-methyl/N-ethyl adjacent to an activating group) is 1. The second-order valence-corrected chi connectivity index (χ2v) is 6.63. The number of hydrogen-bond acceptors (Lipinski definition) is 3. The molecule has 0 N–H and O–H groups in total. The van der Waals surface area contributed by atoms with Gasteiger partial charge in [-0.15, -0.1) is 0 Å². The zero-order valence-electron chi connectivity index (χ0n) is 14.2. The summed E-state index contributed by atoms with van der Waals surface area (Å²) in [5.74, 6) is 0. The largest absolute Gasteiger partial charge is 0.304 e. The Bertz CT molecular complexity index is 821. The molecule has 1 aliphatic heterocycles. The fraction of sp³-hybridized carbons (Fsp3) is 0.286. The molecule has 1 aliphatic rings. The van der Waals surface area contributed by atoms with E-state index < -0.39 is 0 Å². The van der Waals surface area contributed by atoms with Crippen molar-refractivity contribution in [1.29, 1.82) is 0 Å². The predicted octanol–water partition coefficient (Wildman–Crippen LogP) is 3.65. The van der Waals surface area contributed by atoms with Crippen molar-refractivity contribution in [2.45, 2.75) is 6.54 Å². The van der Waals surface area contributed by atoms with Gasteiger partial charge in [0.15, 0.2) is 0 Å². The van der Waals surface area contributed by atoms with Crippen LogP contribution in [0.15, 0.2) is 60.7 Å². The Morgan fingerprint density at radius 3 is 2.38 bits per heavy atom. The van der Waals surface area contributed by atoms with Gasteiger partial charge in [0, 0.05) is 43.7 Å². The van der Waals surface area contributed by atoms with Crippen LogP contribution in [0.5, 0.6) is 0 Å². The molecule has 0 saturated carbocycles. The van der Waals surface area contributed by atoms with Crippen LogP contribution < -0.4 is 0 Å². The van der Waals surface area contributed by atoms with Crippen LogP contribution in [0.2, 0.25) is 0 Å². The van der Waals surface area contributed by atoms with E-state index in [1.54, 1.807) is 0 Å². The number of benzene rings is 2. The molecule has 0 radical (unpaired) electrons. The average Bonchev–Trinajstić information content (AvgIpc) is 2.64. The maximum absolute atomic E-state index is 5.03. The number of rotatable bonds is 3. The minimum atomic E-state index is 0.929. The van der Waals surface area contributed by atoms with Gasteiger partial charge < -0.3 is 4.90 Å². The summed E-state index contributed by atoms with van der Waals surface area (Å²) < 4.78 is 0. The Morgan fingerprint density at radius 1 is 0.875 bits per heavy atom. The molecule has 24 heavy (non-hydrogen) atoms. The molecule has 3 heteroatoms. The lowest BCUT2D eigenvalue weighted by atomic mass is 10.0. The minimum absolute atomic E-state index is 0.929. The molecule has 2 aromatic carbocycles. The number of piperazine rings is 1. The lowest BCUT2D eigenvalue weighted by molar-refractivity contribution is 0.147. The molecular weight excluding hydrogens is 294 g/mol. The van der Waals surface area contributed by atoms with Crippen LogP contribution >= 0.6 is 0 Å². The molecule has 0 bridgehead atoms. The SMILES string of the molecule is CN1CCN(Cc2cc3ccccc3c(-c3ccccc3)n2)CC1. The maximum Gasteiger partial charge on any atom is 0.0784 e. The zero-order chi connectivity index (χ0) is 16.4. The summed E-state index contributed by atoms with van der Waals surface area (Å²) in [6, 6.07) is 21.3. The monoisotopic (exact) mass is 317 g/mol. The standard InChI is InChI=1S/C21H23N3/c1-23-11-13-24(14-12-23)16-19-15-18-9-5-6-10-20(18)21(22-19)17-7-3-2-4-8-17/h2-10,15H,11-14,16H2,1H3. The number of fused-ring (bicyclic) bond motifs is 1. The number of pyridine rings is 1. The van der Waals surface area contributed by atoms with Gasteiger partial charge in [0.1, 0.15) is 0 Å². The highest BCUT2D eigenvalue weighted by Gasteiger charge is 2.15. The molecule has 1 aromatic heterocycles. The summed E-state index contributed by atoms with van der Waals surface area (Å²) >= 11 is 0. The van der Waals surface area contributed by atoms with E-state index in [9.17, 15) is 0 Å². The molecule has 4 rings (SSSR count). The molecule has 1 saturated heterocycles. The molecule has 1 fully saturated rings. The first-order valence-electron chi connectivity index (χ1n) is 8.64. The van der Waals surface area contributed by atoms with E-state index in [1.165, 1.54) is 16.3 Å². The van der Waals surface area contributed by atoms with Crippen molar-refractivity contribution in [3.8, 4) is 11.3 Å². The molecule has 122 valence electrons. The van der Waals surface area contributed by atoms with Crippen molar-refractivity contribution in [1.82, 2.24) is 14.8 Å². The lowest BCUT2D eigenvalue weighted by Gasteiger charge is -2.32. The molecule has 0 amide bonds. The van der Waals surface area contributed by atoms with Crippen LogP contribution in [-0.2, 0) is 6.54 Å². The zero-order valence-corrected chi connectivity index (χ0v) is 14.2. The van der Waals surface area contributed by atoms with E-state index in [1.807, 2.05) is 0 Å². The van der Waals surface area contributed by atoms with Crippen molar-refractivity contribution in [2.24, 2.45) is 0 Å². The van der Waals surface area contributed by atoms with Crippen LogP contribution in [0.4, 0.5) is 0 Å². The third-order valence-corrected chi connectivity index (χ3v) is 4.82. The van der Waals surface area contributed by atoms with Crippen molar-refractivity contribution >= 4 is 10.8 Å². The summed E-state index contributed by atoms with van der Waals surface area (Å²) in [4.78, 5) is 9.92. The molecule has 0 unspecified atom stereocenters. The molecule has 0 aliphatic carbocycles. The molecule has 2 heterocycles. The van der Waals surface area contributed by atoms with Gasteiger partial charge in [0.2, 0.25) is 0 Å². The van der Waals surface area contributed by atoms with Gasteiger partial charge >= 0.3 is 0 Å². The van der Waals surface area contributed by atoms with Crippen LogP contribution in [0.1, 0.15) is 5.69 Å². The van der Waals surface area contributed by atoms with Crippen molar-refractivity contribution in [3.05, 3.63) is 66.4 Å². The second kappa shape index (κ2) is 6.71. The van der Waals surface area contributed by atoms with Crippen LogP contribution in [0.25, 0.3) is 22.0 Å². The minimum Gasteiger partial charge on any atom is -0.304 e. The van der Waals surface area contributed by atoms with Crippen molar-refractivity contribution in [3.63, 3.8) is 0 Å². The summed E-state index contributed by atoms with van der Waals surface area (Å²) in [7, 11) is 2.19. The maximum atomic E-state index is 5.03. The highest BCUT2D eigenvalue weighted by molar-refractivity contribution is 5.94. The Labute approximate surface area is 143 Å². The fourth-order valence-electron chi connectivity index (χ4n) is 3.39. The summed E-state index contributed by atoms with van der Waals surface area (Å²) in [6.45, 7) is 5.44. The number of aromatic nitrogens is 1. The van der Waals surface area contributed by atoms with Crippen LogP contribution in [-0.4, -0.2) is 48.0 Å². The molecule has 3 nitrogen and oxygen atoms in total. The van der Waals surface area contributed by atoms with Gasteiger partial charge in [-0.2, -0.15) is 0 Å². The van der Waals surface area contributed by atoms with E-state index in [0.717, 1.165) is 44.1 Å². The van der Waals surface area contributed by atoms with E-state index >= 15 is 0 Å². The normalized spacial score (nSPS) is 16.5. The average molecular weight is 317 g/mol. The summed E-state index contributed by atoms with van der Waals surface area (Å²) in [6.07, 6.45) is 0. The van der Waals surface area contributed by atoms with Gasteiger partial charge in [-0.3, -0.25) is 9.88 Å². The van der Waals surface area contributed by atoms with Crippen LogP contribution in [0, 0.1) is 0 Å². The number of hydrogen-bond donors (Lipinski definition) is 0. The Morgan fingerprint density at radius 2 is 1.58 bits per heavy atom. The summed E-state index contributed by atoms with van der Waals surface area (Å²) in [5, 5.41) is 2.50. The third-order valence-electron chi connectivity index (χ3n) is 4.82. The molecule has 0 atom stereocenters. The quantitative estimate of drug-likeness (QED) is 0.735. The van der Waals surface area contributed by atoms with Crippen LogP contribution in [0.3, 0.4) is 0 Å². The lowest BCUT2D eigenvalue weighted by Crippen LogP contribution is -2.44. The van der Waals surface area contributed by atoms with Gasteiger partial charge in [0.05, 0.1) is 11.4 Å². The van der Waals surface area contributed by atoms with Gasteiger partial charge in [-0.25, -0.2) is 0 Å². The van der Waals surface area contributed by atoms with Gasteiger partial charge in [-0.1, -0.05) is 54.6 Å². The Kier molecular flexibility index (Phi) is 4.28. The second-order valence-electron chi connectivity index (χ2n) is 6.63. The van der Waals surface area contributed by atoms with Gasteiger partial charge in [0.25, 0.3) is 0 Å². The molecular formula is C21H23N3. The first kappa shape index (κ1) is 15.3. The first-order chi connectivity index (χ1) is 11.8. The van der Waals surface area contributed by atoms with Crippen molar-refractivity contribution < 1.29 is 0 Å². The fourth-order valence-corrected chi connectivity index (χ4v) is 3.39. The van der Waals surface area contributed by atoms with Gasteiger partial charge in [-0.05, 0) is 18.5 Å². The van der Waals surface area contributed by atoms with E-state index in [-0.39, 0.29) is 0 Å². The van der Waals surface area contributed by atoms with E-state index in [0.29, 0.717) is 0 Å². The van der Waals surface area contributed by atoms with E-state index in [2.05, 4.69) is 77.5 Å². The van der Waals surface area contributed by atoms with Crippen molar-refractivity contribution in [2.75, 3.05) is 33.2 Å². The smallest absolute Gasteiger partial charge is 0.0784 e. The molecule has 3 aromatic rings. The first-order valence-corrected chi connectivity index (χ1v) is 8.64. The highest BCUT2D eigenvalue weighted by Crippen LogP contribution is 2.27. The predicted molar refractivity (Wildman–Crippen MR) is 100.0 cm³/mol.